The zero-order valence-corrected chi connectivity index (χ0v) is 15.8. The number of hydrogen-bond acceptors (Lipinski definition) is 4. The number of carbonyl (C=O) groups excluding carboxylic acids is 1. The van der Waals surface area contributed by atoms with E-state index in [-0.39, 0.29) is 24.4 Å². The maximum absolute atomic E-state index is 12.6. The van der Waals surface area contributed by atoms with Gasteiger partial charge in [0.05, 0.1) is 4.90 Å². The predicted octanol–water partition coefficient (Wildman–Crippen LogP) is 1.30. The highest BCUT2D eigenvalue weighted by molar-refractivity contribution is 7.89. The van der Waals surface area contributed by atoms with Crippen molar-refractivity contribution in [3.63, 3.8) is 0 Å². The number of piperidine rings is 1. The van der Waals surface area contributed by atoms with Crippen molar-refractivity contribution >= 4 is 28.3 Å². The van der Waals surface area contributed by atoms with E-state index in [1.807, 2.05) is 26.1 Å². The van der Waals surface area contributed by atoms with Crippen molar-refractivity contribution in [2.24, 2.45) is 0 Å². The monoisotopic (exact) mass is 375 g/mol. The SMILES string of the molecule is CNCCC(=O)NC1CCN(S(=O)(=O)c2ccc(C)cc2)CC1.Cl. The first kappa shape index (κ1) is 20.9. The fourth-order valence-electron chi connectivity index (χ4n) is 2.64. The van der Waals surface area contributed by atoms with Gasteiger partial charge in [-0.15, -0.1) is 12.4 Å². The van der Waals surface area contributed by atoms with E-state index in [2.05, 4.69) is 10.6 Å². The van der Waals surface area contributed by atoms with Gasteiger partial charge in [0.15, 0.2) is 0 Å². The Morgan fingerprint density at radius 3 is 2.33 bits per heavy atom. The van der Waals surface area contributed by atoms with Crippen molar-refractivity contribution in [1.29, 1.82) is 0 Å². The molecule has 0 bridgehead atoms. The number of rotatable bonds is 6. The zero-order valence-electron chi connectivity index (χ0n) is 14.1. The summed E-state index contributed by atoms with van der Waals surface area (Å²) in [6.45, 7) is 3.45. The van der Waals surface area contributed by atoms with Gasteiger partial charge in [0.25, 0.3) is 0 Å². The molecule has 2 N–H and O–H groups in total. The third-order valence-corrected chi connectivity index (χ3v) is 5.99. The molecule has 1 fully saturated rings. The van der Waals surface area contributed by atoms with Gasteiger partial charge in [0, 0.05) is 32.1 Å². The summed E-state index contributed by atoms with van der Waals surface area (Å²) in [5, 5.41) is 5.91. The topological polar surface area (TPSA) is 78.5 Å². The van der Waals surface area contributed by atoms with Crippen LogP contribution in [-0.2, 0) is 14.8 Å². The summed E-state index contributed by atoms with van der Waals surface area (Å²) >= 11 is 0. The summed E-state index contributed by atoms with van der Waals surface area (Å²) in [6.07, 6.45) is 1.74. The van der Waals surface area contributed by atoms with Crippen LogP contribution in [0.25, 0.3) is 0 Å². The van der Waals surface area contributed by atoms with E-state index in [0.717, 1.165) is 5.56 Å². The molecule has 1 heterocycles. The lowest BCUT2D eigenvalue weighted by Gasteiger charge is -2.31. The summed E-state index contributed by atoms with van der Waals surface area (Å²) < 4.78 is 26.7. The van der Waals surface area contributed by atoms with Gasteiger partial charge in [-0.05, 0) is 38.9 Å². The molecule has 0 saturated carbocycles. The van der Waals surface area contributed by atoms with E-state index >= 15 is 0 Å². The van der Waals surface area contributed by atoms with Gasteiger partial charge in [-0.3, -0.25) is 4.79 Å². The Morgan fingerprint density at radius 2 is 1.79 bits per heavy atom. The number of halogens is 1. The summed E-state index contributed by atoms with van der Waals surface area (Å²) in [7, 11) is -1.63. The molecule has 6 nitrogen and oxygen atoms in total. The fraction of sp³-hybridized carbons (Fsp3) is 0.562. The number of sulfonamides is 1. The van der Waals surface area contributed by atoms with Crippen LogP contribution < -0.4 is 10.6 Å². The minimum atomic E-state index is -3.43. The number of nitrogens with one attached hydrogen (secondary N) is 2. The first-order valence-corrected chi connectivity index (χ1v) is 9.38. The molecule has 0 unspecified atom stereocenters. The minimum absolute atomic E-state index is 0. The summed E-state index contributed by atoms with van der Waals surface area (Å²) in [4.78, 5) is 12.1. The largest absolute Gasteiger partial charge is 0.353 e. The number of hydrogen-bond donors (Lipinski definition) is 2. The molecule has 0 aromatic heterocycles. The van der Waals surface area contributed by atoms with Gasteiger partial charge in [0.2, 0.25) is 15.9 Å². The maximum Gasteiger partial charge on any atom is 0.243 e. The van der Waals surface area contributed by atoms with E-state index in [4.69, 9.17) is 0 Å². The summed E-state index contributed by atoms with van der Waals surface area (Å²) in [5.74, 6) is 0.0131. The molecule has 0 aliphatic carbocycles. The Bertz CT molecular complexity index is 626. The van der Waals surface area contributed by atoms with E-state index in [0.29, 0.717) is 43.8 Å². The number of benzene rings is 1. The van der Waals surface area contributed by atoms with E-state index in [1.54, 1.807) is 12.1 Å². The predicted molar refractivity (Wildman–Crippen MR) is 96.9 cm³/mol. The molecule has 1 aliphatic rings. The lowest BCUT2D eigenvalue weighted by molar-refractivity contribution is -0.121. The number of aryl methyl sites for hydroxylation is 1. The normalized spacial score (nSPS) is 16.4. The molecule has 24 heavy (non-hydrogen) atoms. The Labute approximate surface area is 150 Å². The van der Waals surface area contributed by atoms with Crippen LogP contribution in [0, 0.1) is 6.92 Å². The molecule has 1 aliphatic heterocycles. The van der Waals surface area contributed by atoms with Gasteiger partial charge in [-0.25, -0.2) is 8.42 Å². The molecular formula is C16H26ClN3O3S. The molecule has 136 valence electrons. The van der Waals surface area contributed by atoms with Gasteiger partial charge in [0.1, 0.15) is 0 Å². The number of nitrogens with zero attached hydrogens (tertiary/aromatic N) is 1. The van der Waals surface area contributed by atoms with Gasteiger partial charge >= 0.3 is 0 Å². The zero-order chi connectivity index (χ0) is 16.9. The molecule has 1 saturated heterocycles. The van der Waals surface area contributed by atoms with Crippen molar-refractivity contribution in [1.82, 2.24) is 14.9 Å². The molecule has 0 atom stereocenters. The van der Waals surface area contributed by atoms with Crippen LogP contribution in [0.4, 0.5) is 0 Å². The van der Waals surface area contributed by atoms with Crippen molar-refractivity contribution in [3.05, 3.63) is 29.8 Å². The van der Waals surface area contributed by atoms with E-state index in [1.165, 1.54) is 4.31 Å². The van der Waals surface area contributed by atoms with Crippen LogP contribution in [0.2, 0.25) is 0 Å². The molecule has 2 rings (SSSR count). The first-order chi connectivity index (χ1) is 10.9. The lowest BCUT2D eigenvalue weighted by Crippen LogP contribution is -2.46. The van der Waals surface area contributed by atoms with Gasteiger partial charge in [-0.2, -0.15) is 4.31 Å². The van der Waals surface area contributed by atoms with Crippen molar-refractivity contribution < 1.29 is 13.2 Å². The Hall–Kier alpha value is -1.15. The van der Waals surface area contributed by atoms with Crippen LogP contribution in [0.3, 0.4) is 0 Å². The number of amides is 1. The van der Waals surface area contributed by atoms with E-state index in [9.17, 15) is 13.2 Å². The van der Waals surface area contributed by atoms with Crippen LogP contribution in [-0.4, -0.2) is 51.4 Å². The summed E-state index contributed by atoms with van der Waals surface area (Å²) in [6, 6.07) is 6.97. The Morgan fingerprint density at radius 1 is 1.21 bits per heavy atom. The minimum Gasteiger partial charge on any atom is -0.353 e. The van der Waals surface area contributed by atoms with Gasteiger partial charge in [-0.1, -0.05) is 17.7 Å². The van der Waals surface area contributed by atoms with Crippen molar-refractivity contribution in [2.45, 2.75) is 37.1 Å². The first-order valence-electron chi connectivity index (χ1n) is 7.94. The van der Waals surface area contributed by atoms with Crippen LogP contribution in [0.15, 0.2) is 29.2 Å². The highest BCUT2D eigenvalue weighted by Crippen LogP contribution is 2.21. The Balaban J connectivity index is 0.00000288. The molecular weight excluding hydrogens is 350 g/mol. The third-order valence-electron chi connectivity index (χ3n) is 4.08. The van der Waals surface area contributed by atoms with Gasteiger partial charge < -0.3 is 10.6 Å². The third kappa shape index (κ3) is 5.44. The standard InChI is InChI=1S/C16H25N3O3S.ClH/c1-13-3-5-15(6-4-13)23(21,22)19-11-8-14(9-12-19)18-16(20)7-10-17-2;/h3-6,14,17H,7-12H2,1-2H3,(H,18,20);1H. The van der Waals surface area contributed by atoms with Crippen LogP contribution in [0.1, 0.15) is 24.8 Å². The fourth-order valence-corrected chi connectivity index (χ4v) is 4.11. The molecule has 1 amide bonds. The van der Waals surface area contributed by atoms with Crippen molar-refractivity contribution in [2.75, 3.05) is 26.7 Å². The second kappa shape index (κ2) is 9.36. The highest BCUT2D eigenvalue weighted by atomic mass is 35.5. The molecule has 0 spiro atoms. The molecule has 1 aromatic rings. The lowest BCUT2D eigenvalue weighted by atomic mass is 10.1. The molecule has 1 aromatic carbocycles. The average Bonchev–Trinajstić information content (AvgIpc) is 2.54. The second-order valence-corrected chi connectivity index (χ2v) is 7.85. The highest BCUT2D eigenvalue weighted by Gasteiger charge is 2.29. The average molecular weight is 376 g/mol. The number of carbonyl (C=O) groups is 1. The van der Waals surface area contributed by atoms with Crippen molar-refractivity contribution in [3.8, 4) is 0 Å². The Kier molecular flexibility index (Phi) is 8.15. The quantitative estimate of drug-likeness (QED) is 0.785. The van der Waals surface area contributed by atoms with Crippen LogP contribution in [0.5, 0.6) is 0 Å². The second-order valence-electron chi connectivity index (χ2n) is 5.91. The smallest absolute Gasteiger partial charge is 0.243 e. The van der Waals surface area contributed by atoms with Crippen LogP contribution >= 0.6 is 12.4 Å². The summed E-state index contributed by atoms with van der Waals surface area (Å²) in [5.41, 5.74) is 1.03. The van der Waals surface area contributed by atoms with E-state index < -0.39 is 10.0 Å². The molecule has 0 radical (unpaired) electrons. The maximum atomic E-state index is 12.6. The molecule has 8 heteroatoms.